The number of aryl methyl sites for hydroxylation is 4. The Hall–Kier alpha value is -2.26. The maximum absolute atomic E-state index is 4.69. The number of thiophene rings is 1. The third-order valence-corrected chi connectivity index (χ3v) is 7.76. The molecule has 0 saturated heterocycles. The molecule has 0 fully saturated rings. The first kappa shape index (κ1) is 20.6. The number of halogens is 1. The van der Waals surface area contributed by atoms with Crippen LogP contribution in [0.5, 0.6) is 0 Å². The van der Waals surface area contributed by atoms with Crippen LogP contribution in [0.25, 0.3) is 15.9 Å². The van der Waals surface area contributed by atoms with Crippen LogP contribution in [0.15, 0.2) is 35.4 Å². The van der Waals surface area contributed by atoms with Gasteiger partial charge in [0, 0.05) is 31.1 Å². The summed E-state index contributed by atoms with van der Waals surface area (Å²) in [5.74, 6) is 1.60. The predicted molar refractivity (Wildman–Crippen MR) is 138 cm³/mol. The molecule has 0 unspecified atom stereocenters. The number of fused-ring (bicyclic) bond motifs is 3. The van der Waals surface area contributed by atoms with Gasteiger partial charge in [0.2, 0.25) is 0 Å². The highest BCUT2D eigenvalue weighted by atomic mass is 127. The molecule has 1 aliphatic carbocycles. The van der Waals surface area contributed by atoms with Crippen molar-refractivity contribution in [2.24, 2.45) is 5.10 Å². The van der Waals surface area contributed by atoms with Gasteiger partial charge in [0.05, 0.1) is 11.6 Å². The normalized spacial score (nSPS) is 13.8. The van der Waals surface area contributed by atoms with Gasteiger partial charge in [-0.15, -0.1) is 11.3 Å². The van der Waals surface area contributed by atoms with Crippen LogP contribution in [-0.4, -0.2) is 20.7 Å². The number of nitrogens with zero attached hydrogens (tertiary/aromatic N) is 4. The summed E-state index contributed by atoms with van der Waals surface area (Å²) >= 11 is 4.15. The first-order chi connectivity index (χ1) is 15.0. The van der Waals surface area contributed by atoms with Crippen molar-refractivity contribution >= 4 is 56.2 Å². The molecule has 5 nitrogen and oxygen atoms in total. The molecule has 5 rings (SSSR count). The molecular formula is C24H24IN5S. The number of hydrazone groups is 1. The third kappa shape index (κ3) is 3.89. The lowest BCUT2D eigenvalue weighted by molar-refractivity contribution is 0.700. The molecule has 31 heavy (non-hydrogen) atoms. The van der Waals surface area contributed by atoms with Crippen LogP contribution in [0.2, 0.25) is 0 Å². The van der Waals surface area contributed by atoms with Gasteiger partial charge in [0.15, 0.2) is 5.82 Å². The second-order valence-corrected chi connectivity index (χ2v) is 10.3. The topological polar surface area (TPSA) is 55.1 Å². The second-order valence-electron chi connectivity index (χ2n) is 8.02. The Kier molecular flexibility index (Phi) is 5.56. The Morgan fingerprint density at radius 2 is 1.87 bits per heavy atom. The molecule has 3 aromatic heterocycles. The predicted octanol–water partition coefficient (Wildman–Crippen LogP) is 6.34. The molecule has 0 atom stereocenters. The largest absolute Gasteiger partial charge is 0.318 e. The van der Waals surface area contributed by atoms with Crippen LogP contribution >= 0.6 is 33.9 Å². The van der Waals surface area contributed by atoms with Gasteiger partial charge in [-0.05, 0) is 105 Å². The lowest BCUT2D eigenvalue weighted by Gasteiger charge is -2.11. The summed E-state index contributed by atoms with van der Waals surface area (Å²) in [4.78, 5) is 11.9. The summed E-state index contributed by atoms with van der Waals surface area (Å²) in [5.41, 5.74) is 9.27. The number of rotatable bonds is 4. The van der Waals surface area contributed by atoms with E-state index in [-0.39, 0.29) is 0 Å². The molecule has 0 radical (unpaired) electrons. The highest BCUT2D eigenvalue weighted by Gasteiger charge is 2.20. The average molecular weight is 541 g/mol. The molecule has 0 aliphatic heterocycles. The maximum Gasteiger partial charge on any atom is 0.158 e. The standard InChI is InChI=1S/C24H24IN5S/c1-14-12-17(15(2)30(14)19-10-8-18(25)9-11-19)13-26-29-23-22-20-6-4-5-7-21(20)31-24(22)28-16(3)27-23/h8-13H,4-7H2,1-3H3,(H,27,28,29)/b26-13+. The first-order valence-corrected chi connectivity index (χ1v) is 12.4. The van der Waals surface area contributed by atoms with Gasteiger partial charge in [-0.1, -0.05) is 0 Å². The smallest absolute Gasteiger partial charge is 0.158 e. The van der Waals surface area contributed by atoms with E-state index in [9.17, 15) is 0 Å². The van der Waals surface area contributed by atoms with Gasteiger partial charge < -0.3 is 4.57 Å². The van der Waals surface area contributed by atoms with Crippen LogP contribution in [0.4, 0.5) is 5.82 Å². The van der Waals surface area contributed by atoms with Crippen LogP contribution in [0, 0.1) is 24.3 Å². The van der Waals surface area contributed by atoms with Crippen molar-refractivity contribution in [2.75, 3.05) is 5.43 Å². The zero-order valence-electron chi connectivity index (χ0n) is 17.9. The summed E-state index contributed by atoms with van der Waals surface area (Å²) in [6, 6.07) is 10.7. The maximum atomic E-state index is 4.69. The second kappa shape index (κ2) is 8.35. The average Bonchev–Trinajstić information content (AvgIpc) is 3.25. The zero-order valence-corrected chi connectivity index (χ0v) is 20.8. The van der Waals surface area contributed by atoms with Gasteiger partial charge in [-0.3, -0.25) is 5.43 Å². The van der Waals surface area contributed by atoms with Crippen molar-refractivity contribution < 1.29 is 0 Å². The summed E-state index contributed by atoms with van der Waals surface area (Å²) in [5, 5.41) is 5.74. The lowest BCUT2D eigenvalue weighted by atomic mass is 9.97. The number of hydrogen-bond acceptors (Lipinski definition) is 5. The van der Waals surface area contributed by atoms with E-state index in [0.717, 1.165) is 40.3 Å². The molecule has 0 amide bonds. The summed E-state index contributed by atoms with van der Waals surface area (Å²) < 4.78 is 3.50. The Bertz CT molecular complexity index is 1300. The monoisotopic (exact) mass is 541 g/mol. The molecule has 1 N–H and O–H groups in total. The fraction of sp³-hybridized carbons (Fsp3) is 0.292. The quantitative estimate of drug-likeness (QED) is 0.187. The Morgan fingerprint density at radius 3 is 2.68 bits per heavy atom. The van der Waals surface area contributed by atoms with Gasteiger partial charge in [-0.2, -0.15) is 5.10 Å². The van der Waals surface area contributed by atoms with Gasteiger partial charge >= 0.3 is 0 Å². The fourth-order valence-corrected chi connectivity index (χ4v) is 6.08. The Morgan fingerprint density at radius 1 is 1.10 bits per heavy atom. The highest BCUT2D eigenvalue weighted by molar-refractivity contribution is 14.1. The molecule has 158 valence electrons. The molecule has 4 aromatic rings. The van der Waals surface area contributed by atoms with Gasteiger partial charge in [0.25, 0.3) is 0 Å². The van der Waals surface area contributed by atoms with Crippen molar-refractivity contribution in [3.63, 3.8) is 0 Å². The SMILES string of the molecule is Cc1nc(N/N=C/c2cc(C)n(-c3ccc(I)cc3)c2C)c2c3c(sc2n1)CCCC3. The van der Waals surface area contributed by atoms with E-state index in [1.54, 1.807) is 0 Å². The van der Waals surface area contributed by atoms with E-state index >= 15 is 0 Å². The molecule has 0 spiro atoms. The van der Waals surface area contributed by atoms with Crippen LogP contribution < -0.4 is 5.43 Å². The van der Waals surface area contributed by atoms with Crippen molar-refractivity contribution in [3.05, 3.63) is 67.1 Å². The fourth-order valence-electron chi connectivity index (χ4n) is 4.41. The van der Waals surface area contributed by atoms with Crippen LogP contribution in [0.3, 0.4) is 0 Å². The van der Waals surface area contributed by atoms with Gasteiger partial charge in [0.1, 0.15) is 10.7 Å². The molecule has 0 bridgehead atoms. The van der Waals surface area contributed by atoms with Crippen molar-refractivity contribution in [3.8, 4) is 5.69 Å². The third-order valence-electron chi connectivity index (χ3n) is 5.86. The molecular weight excluding hydrogens is 517 g/mol. The first-order valence-electron chi connectivity index (χ1n) is 10.5. The van der Waals surface area contributed by atoms with E-state index in [1.807, 2.05) is 24.5 Å². The molecule has 0 saturated carbocycles. The van der Waals surface area contributed by atoms with Crippen LogP contribution in [0.1, 0.15) is 46.1 Å². The number of benzene rings is 1. The molecule has 3 heterocycles. The minimum atomic E-state index is 0.778. The summed E-state index contributed by atoms with van der Waals surface area (Å²) in [6.07, 6.45) is 6.66. The highest BCUT2D eigenvalue weighted by Crippen LogP contribution is 2.38. The van der Waals surface area contributed by atoms with E-state index in [4.69, 9.17) is 0 Å². The van der Waals surface area contributed by atoms with E-state index in [1.165, 1.54) is 43.9 Å². The summed E-state index contributed by atoms with van der Waals surface area (Å²) in [7, 11) is 0. The number of hydrogen-bond donors (Lipinski definition) is 1. The van der Waals surface area contributed by atoms with Crippen molar-refractivity contribution in [2.45, 2.75) is 46.5 Å². The van der Waals surface area contributed by atoms with Gasteiger partial charge in [-0.25, -0.2) is 9.97 Å². The van der Waals surface area contributed by atoms with E-state index < -0.39 is 0 Å². The Labute approximate surface area is 199 Å². The van der Waals surface area contributed by atoms with Crippen molar-refractivity contribution in [1.82, 2.24) is 14.5 Å². The molecule has 1 aliphatic rings. The minimum Gasteiger partial charge on any atom is -0.318 e. The van der Waals surface area contributed by atoms with E-state index in [0.29, 0.717) is 0 Å². The zero-order chi connectivity index (χ0) is 21.5. The number of aromatic nitrogens is 3. The molecule has 1 aromatic carbocycles. The Balaban J connectivity index is 1.46. The number of anilines is 1. The van der Waals surface area contributed by atoms with E-state index in [2.05, 4.69) is 91.8 Å². The number of nitrogens with one attached hydrogen (secondary N) is 1. The van der Waals surface area contributed by atoms with Crippen LogP contribution in [-0.2, 0) is 12.8 Å². The lowest BCUT2D eigenvalue weighted by Crippen LogP contribution is -2.02. The minimum absolute atomic E-state index is 0.778. The molecule has 7 heteroatoms. The van der Waals surface area contributed by atoms with Crippen molar-refractivity contribution in [1.29, 1.82) is 0 Å². The summed E-state index contributed by atoms with van der Waals surface area (Å²) in [6.45, 7) is 6.21.